The fourth-order valence-corrected chi connectivity index (χ4v) is 1.24. The maximum Gasteiger partial charge on any atom is 0.490 e. The quantitative estimate of drug-likeness (QED) is 0.714. The standard InChI is InChI=1S/C10H9F2N5O.C2HF3O2/c11-10(12)17-4-3-8(16-17)15-9(18)6-1-2-7(13)14-5-6;3-2(4,5)1(6)7/h1-5,10H,(H2,13,14)(H,15,16,18);(H,6,7). The Kier molecular flexibility index (Phi) is 6.36. The number of alkyl halides is 5. The molecule has 1 amide bonds. The van der Waals surface area contributed by atoms with Gasteiger partial charge in [0.25, 0.3) is 5.91 Å². The molecular formula is C12H10F5N5O3. The number of nitrogens with one attached hydrogen (secondary N) is 1. The van der Waals surface area contributed by atoms with Gasteiger partial charge in [0.2, 0.25) is 0 Å². The first-order chi connectivity index (χ1) is 11.5. The maximum absolute atomic E-state index is 12.2. The molecule has 0 saturated heterocycles. The number of pyridine rings is 1. The number of halogens is 5. The van der Waals surface area contributed by atoms with Gasteiger partial charge in [-0.25, -0.2) is 14.5 Å². The fourth-order valence-electron chi connectivity index (χ4n) is 1.24. The second-order valence-electron chi connectivity index (χ2n) is 4.19. The average molecular weight is 367 g/mol. The van der Waals surface area contributed by atoms with Crippen molar-refractivity contribution < 1.29 is 36.6 Å². The molecule has 0 bridgehead atoms. The number of hydrogen-bond acceptors (Lipinski definition) is 5. The summed E-state index contributed by atoms with van der Waals surface area (Å²) in [4.78, 5) is 24.3. The van der Waals surface area contributed by atoms with Gasteiger partial charge in [0.05, 0.1) is 5.56 Å². The van der Waals surface area contributed by atoms with Crippen LogP contribution in [0.3, 0.4) is 0 Å². The van der Waals surface area contributed by atoms with Crippen molar-refractivity contribution in [2.45, 2.75) is 12.7 Å². The number of aliphatic carboxylic acids is 1. The molecule has 8 nitrogen and oxygen atoms in total. The molecule has 0 aliphatic carbocycles. The Balaban J connectivity index is 0.000000381. The molecule has 0 fully saturated rings. The summed E-state index contributed by atoms with van der Waals surface area (Å²) in [5.41, 5.74) is 5.63. The van der Waals surface area contributed by atoms with Crippen molar-refractivity contribution in [3.63, 3.8) is 0 Å². The van der Waals surface area contributed by atoms with Gasteiger partial charge in [-0.05, 0) is 12.1 Å². The number of carboxylic acids is 1. The Hall–Kier alpha value is -3.25. The van der Waals surface area contributed by atoms with Gasteiger partial charge in [-0.2, -0.15) is 27.1 Å². The number of rotatable bonds is 3. The Morgan fingerprint density at radius 2 is 1.84 bits per heavy atom. The van der Waals surface area contributed by atoms with Crippen molar-refractivity contribution >= 4 is 23.5 Å². The van der Waals surface area contributed by atoms with Gasteiger partial charge in [0.15, 0.2) is 5.82 Å². The molecule has 2 aromatic rings. The van der Waals surface area contributed by atoms with Gasteiger partial charge < -0.3 is 16.2 Å². The summed E-state index contributed by atoms with van der Waals surface area (Å²) in [7, 11) is 0. The number of amides is 1. The van der Waals surface area contributed by atoms with Crippen molar-refractivity contribution in [2.75, 3.05) is 11.1 Å². The van der Waals surface area contributed by atoms with E-state index < -0.39 is 24.6 Å². The largest absolute Gasteiger partial charge is 0.490 e. The van der Waals surface area contributed by atoms with Gasteiger partial charge in [-0.1, -0.05) is 0 Å². The maximum atomic E-state index is 12.2. The fraction of sp³-hybridized carbons (Fsp3) is 0.167. The number of nitrogens with two attached hydrogens (primary N) is 1. The Labute approximate surface area is 136 Å². The van der Waals surface area contributed by atoms with Crippen LogP contribution >= 0.6 is 0 Å². The molecular weight excluding hydrogens is 357 g/mol. The van der Waals surface area contributed by atoms with E-state index in [1.54, 1.807) is 0 Å². The molecule has 13 heteroatoms. The van der Waals surface area contributed by atoms with Gasteiger partial charge in [0, 0.05) is 18.5 Å². The van der Waals surface area contributed by atoms with Gasteiger partial charge >= 0.3 is 18.7 Å². The molecule has 0 aliphatic rings. The van der Waals surface area contributed by atoms with E-state index in [0.717, 1.165) is 6.20 Å². The highest BCUT2D eigenvalue weighted by Crippen LogP contribution is 2.13. The minimum absolute atomic E-state index is 0.0390. The van der Waals surface area contributed by atoms with Gasteiger partial charge in [-0.3, -0.25) is 4.79 Å². The zero-order chi connectivity index (χ0) is 19.2. The van der Waals surface area contributed by atoms with Crippen molar-refractivity contribution in [1.29, 1.82) is 0 Å². The van der Waals surface area contributed by atoms with Crippen LogP contribution in [-0.2, 0) is 4.79 Å². The molecule has 0 spiro atoms. The molecule has 2 heterocycles. The van der Waals surface area contributed by atoms with E-state index in [2.05, 4.69) is 15.4 Å². The summed E-state index contributed by atoms with van der Waals surface area (Å²) in [6.07, 6.45) is -2.73. The van der Waals surface area contributed by atoms with E-state index in [9.17, 15) is 26.7 Å². The second kappa shape index (κ2) is 8.03. The number of carbonyl (C=O) groups excluding carboxylic acids is 1. The number of nitrogens with zero attached hydrogens (tertiary/aromatic N) is 3. The lowest BCUT2D eigenvalue weighted by Crippen LogP contribution is -2.21. The predicted molar refractivity (Wildman–Crippen MR) is 73.8 cm³/mol. The summed E-state index contributed by atoms with van der Waals surface area (Å²) in [6.45, 7) is -2.74. The number of nitrogen functional groups attached to an aromatic ring is 1. The van der Waals surface area contributed by atoms with Crippen molar-refractivity contribution in [2.24, 2.45) is 0 Å². The summed E-state index contributed by atoms with van der Waals surface area (Å²) < 4.78 is 56.7. The van der Waals surface area contributed by atoms with E-state index >= 15 is 0 Å². The topological polar surface area (TPSA) is 123 Å². The molecule has 0 aromatic carbocycles. The van der Waals surface area contributed by atoms with E-state index in [1.165, 1.54) is 24.4 Å². The van der Waals surface area contributed by atoms with Crippen LogP contribution in [0.5, 0.6) is 0 Å². The number of anilines is 2. The highest BCUT2D eigenvalue weighted by molar-refractivity contribution is 6.03. The zero-order valence-electron chi connectivity index (χ0n) is 12.0. The lowest BCUT2D eigenvalue weighted by atomic mass is 10.2. The van der Waals surface area contributed by atoms with E-state index in [1.807, 2.05) is 0 Å². The van der Waals surface area contributed by atoms with Crippen molar-refractivity contribution in [3.05, 3.63) is 36.2 Å². The molecule has 0 atom stereocenters. The van der Waals surface area contributed by atoms with Crippen LogP contribution in [0, 0.1) is 0 Å². The Morgan fingerprint density at radius 3 is 2.24 bits per heavy atom. The first-order valence-electron chi connectivity index (χ1n) is 6.17. The van der Waals surface area contributed by atoms with Crippen LogP contribution in [0.2, 0.25) is 0 Å². The molecule has 4 N–H and O–H groups in total. The highest BCUT2D eigenvalue weighted by atomic mass is 19.4. The molecule has 0 unspecified atom stereocenters. The zero-order valence-corrected chi connectivity index (χ0v) is 12.0. The molecule has 0 saturated carbocycles. The molecule has 136 valence electrons. The lowest BCUT2D eigenvalue weighted by molar-refractivity contribution is -0.192. The van der Waals surface area contributed by atoms with Crippen molar-refractivity contribution in [1.82, 2.24) is 14.8 Å². The Bertz CT molecular complexity index is 729. The average Bonchev–Trinajstić information content (AvgIpc) is 2.96. The van der Waals surface area contributed by atoms with Crippen LogP contribution in [0.4, 0.5) is 33.6 Å². The molecule has 2 rings (SSSR count). The number of carbonyl (C=O) groups is 2. The van der Waals surface area contributed by atoms with Gasteiger partial charge in [0.1, 0.15) is 5.82 Å². The third-order valence-electron chi connectivity index (χ3n) is 2.34. The first kappa shape index (κ1) is 19.8. The monoisotopic (exact) mass is 367 g/mol. The SMILES string of the molecule is Nc1ccc(C(=O)Nc2ccn(C(F)F)n2)cn1.O=C(O)C(F)(F)F. The lowest BCUT2D eigenvalue weighted by Gasteiger charge is -2.02. The first-order valence-corrected chi connectivity index (χ1v) is 6.17. The highest BCUT2D eigenvalue weighted by Gasteiger charge is 2.38. The van der Waals surface area contributed by atoms with Crippen LogP contribution in [0.1, 0.15) is 16.9 Å². The van der Waals surface area contributed by atoms with E-state index in [4.69, 9.17) is 15.6 Å². The molecule has 25 heavy (non-hydrogen) atoms. The molecule has 2 aromatic heterocycles. The van der Waals surface area contributed by atoms with E-state index in [0.29, 0.717) is 4.68 Å². The predicted octanol–water partition coefficient (Wildman–Crippen LogP) is 2.14. The smallest absolute Gasteiger partial charge is 0.475 e. The number of hydrogen-bond donors (Lipinski definition) is 3. The van der Waals surface area contributed by atoms with E-state index in [-0.39, 0.29) is 17.2 Å². The number of carboxylic acid groups (broad SMARTS) is 1. The Morgan fingerprint density at radius 1 is 1.24 bits per heavy atom. The second-order valence-corrected chi connectivity index (χ2v) is 4.19. The van der Waals surface area contributed by atoms with Crippen LogP contribution in [-0.4, -0.2) is 37.9 Å². The molecule has 0 aliphatic heterocycles. The number of aromatic nitrogens is 3. The summed E-state index contributed by atoms with van der Waals surface area (Å²) in [6, 6.07) is 4.21. The minimum Gasteiger partial charge on any atom is -0.475 e. The summed E-state index contributed by atoms with van der Waals surface area (Å²) in [5, 5.41) is 13.0. The summed E-state index contributed by atoms with van der Waals surface area (Å²) >= 11 is 0. The van der Waals surface area contributed by atoms with Crippen LogP contribution < -0.4 is 11.1 Å². The molecule has 0 radical (unpaired) electrons. The van der Waals surface area contributed by atoms with Crippen molar-refractivity contribution in [3.8, 4) is 0 Å². The van der Waals surface area contributed by atoms with Crippen LogP contribution in [0.15, 0.2) is 30.6 Å². The summed E-state index contributed by atoms with van der Waals surface area (Å²) in [5.74, 6) is -2.93. The normalized spacial score (nSPS) is 10.8. The van der Waals surface area contributed by atoms with Crippen LogP contribution in [0.25, 0.3) is 0 Å². The van der Waals surface area contributed by atoms with Gasteiger partial charge in [-0.15, -0.1) is 0 Å². The third kappa shape index (κ3) is 6.40. The third-order valence-corrected chi connectivity index (χ3v) is 2.34. The minimum atomic E-state index is -5.08.